The van der Waals surface area contributed by atoms with Crippen molar-refractivity contribution in [3.63, 3.8) is 0 Å². The molecule has 4 aromatic carbocycles. The minimum absolute atomic E-state index is 0.0360. The summed E-state index contributed by atoms with van der Waals surface area (Å²) in [6.45, 7) is 5.31. The second kappa shape index (κ2) is 10.5. The lowest BCUT2D eigenvalue weighted by atomic mass is 9.62. The Balaban J connectivity index is 1.51. The molecule has 4 nitrogen and oxygen atoms in total. The molecule has 6 rings (SSSR count). The van der Waals surface area contributed by atoms with Crippen LogP contribution in [0, 0.1) is 0 Å². The molecule has 5 aromatic rings. The molecule has 0 unspecified atom stereocenters. The molecule has 1 fully saturated rings. The van der Waals surface area contributed by atoms with Crippen LogP contribution in [0.1, 0.15) is 44.4 Å². The van der Waals surface area contributed by atoms with Gasteiger partial charge in [0.1, 0.15) is 11.5 Å². The van der Waals surface area contributed by atoms with Gasteiger partial charge in [0.2, 0.25) is 0 Å². The average Bonchev–Trinajstić information content (AvgIpc) is 3.33. The fraction of sp³-hybridized carbons (Fsp3) is 0.242. The van der Waals surface area contributed by atoms with E-state index in [9.17, 15) is 0 Å². The molecule has 1 aromatic heterocycles. The number of nitrogens with zero attached hydrogens (tertiary/aromatic N) is 2. The van der Waals surface area contributed by atoms with Gasteiger partial charge >= 0.3 is 0 Å². The van der Waals surface area contributed by atoms with Crippen LogP contribution in [0.3, 0.4) is 0 Å². The Morgan fingerprint density at radius 2 is 1.45 bits per heavy atom. The van der Waals surface area contributed by atoms with Gasteiger partial charge in [-0.3, -0.25) is 4.57 Å². The van der Waals surface area contributed by atoms with E-state index in [1.165, 1.54) is 28.5 Å². The van der Waals surface area contributed by atoms with E-state index in [1.54, 1.807) is 11.3 Å². The van der Waals surface area contributed by atoms with Crippen molar-refractivity contribution in [1.29, 1.82) is 0 Å². The molecule has 0 radical (unpaired) electrons. The molecule has 1 heterocycles. The molecular weight excluding hydrogens is 488 g/mol. The summed E-state index contributed by atoms with van der Waals surface area (Å²) < 4.78 is 13.7. The summed E-state index contributed by atoms with van der Waals surface area (Å²) in [5.74, 6) is 1.74. The van der Waals surface area contributed by atoms with E-state index in [2.05, 4.69) is 76.7 Å². The van der Waals surface area contributed by atoms with Gasteiger partial charge in [0.15, 0.2) is 4.80 Å². The Kier molecular flexibility index (Phi) is 6.77. The Morgan fingerprint density at radius 1 is 0.789 bits per heavy atom. The molecule has 0 atom stereocenters. The van der Waals surface area contributed by atoms with Crippen LogP contribution >= 0.6 is 11.3 Å². The van der Waals surface area contributed by atoms with Gasteiger partial charge in [0.05, 0.1) is 18.9 Å². The lowest BCUT2D eigenvalue weighted by Crippen LogP contribution is -2.38. The predicted molar refractivity (Wildman–Crippen MR) is 156 cm³/mol. The van der Waals surface area contributed by atoms with Gasteiger partial charge in [-0.15, -0.1) is 11.3 Å². The first kappa shape index (κ1) is 24.5. The van der Waals surface area contributed by atoms with Crippen molar-refractivity contribution in [2.75, 3.05) is 13.2 Å². The lowest BCUT2D eigenvalue weighted by Gasteiger charge is -2.43. The van der Waals surface area contributed by atoms with Crippen LogP contribution in [0.25, 0.3) is 16.5 Å². The van der Waals surface area contributed by atoms with Crippen LogP contribution in [-0.2, 0) is 5.41 Å². The highest BCUT2D eigenvalue weighted by Gasteiger charge is 2.43. The fourth-order valence-corrected chi connectivity index (χ4v) is 6.45. The first-order chi connectivity index (χ1) is 18.7. The third-order valence-electron chi connectivity index (χ3n) is 7.49. The number of rotatable bonds is 8. The highest BCUT2D eigenvalue weighted by molar-refractivity contribution is 7.07. The van der Waals surface area contributed by atoms with Crippen molar-refractivity contribution in [1.82, 2.24) is 4.57 Å². The standard InChI is InChI=1S/C33H32N2O2S/c1-3-36-29-16-12-27(13-17-29)34-32-35(28-14-18-30(19-15-28)37-4-2)31(23-38-32)33(20-7-21-33)26-11-10-24-8-5-6-9-25(24)22-26/h5-6,8-19,22-23H,3-4,7,20-21H2,1-2H3. The molecule has 1 aliphatic rings. The molecule has 1 aliphatic carbocycles. The van der Waals surface area contributed by atoms with Gasteiger partial charge in [-0.25, -0.2) is 4.99 Å². The van der Waals surface area contributed by atoms with Crippen LogP contribution in [0.2, 0.25) is 0 Å². The molecule has 0 aliphatic heterocycles. The van der Waals surface area contributed by atoms with E-state index in [0.717, 1.165) is 40.5 Å². The Bertz CT molecular complexity index is 1610. The van der Waals surface area contributed by atoms with Crippen molar-refractivity contribution >= 4 is 27.8 Å². The van der Waals surface area contributed by atoms with E-state index >= 15 is 0 Å². The molecule has 1 saturated carbocycles. The van der Waals surface area contributed by atoms with Gasteiger partial charge in [0.25, 0.3) is 0 Å². The zero-order valence-electron chi connectivity index (χ0n) is 21.9. The maximum absolute atomic E-state index is 5.73. The van der Waals surface area contributed by atoms with Gasteiger partial charge in [-0.1, -0.05) is 48.9 Å². The molecule has 0 saturated heterocycles. The summed E-state index contributed by atoms with van der Waals surface area (Å²) in [6.07, 6.45) is 3.47. The molecule has 38 heavy (non-hydrogen) atoms. The van der Waals surface area contributed by atoms with Crippen LogP contribution in [0.15, 0.2) is 101 Å². The second-order valence-electron chi connectivity index (χ2n) is 9.70. The van der Waals surface area contributed by atoms with E-state index in [1.807, 2.05) is 38.1 Å². The zero-order chi connectivity index (χ0) is 26.0. The molecule has 5 heteroatoms. The van der Waals surface area contributed by atoms with Crippen LogP contribution < -0.4 is 14.3 Å². The smallest absolute Gasteiger partial charge is 0.194 e. The maximum Gasteiger partial charge on any atom is 0.194 e. The van der Waals surface area contributed by atoms with Gasteiger partial charge < -0.3 is 9.47 Å². The summed E-state index contributed by atoms with van der Waals surface area (Å²) in [4.78, 5) is 6.07. The number of ether oxygens (including phenoxy) is 2. The number of fused-ring (bicyclic) bond motifs is 1. The summed E-state index contributed by atoms with van der Waals surface area (Å²) in [5, 5.41) is 4.89. The molecule has 0 bridgehead atoms. The highest BCUT2D eigenvalue weighted by atomic mass is 32.1. The van der Waals surface area contributed by atoms with Crippen LogP contribution in [0.5, 0.6) is 11.5 Å². The molecule has 0 amide bonds. The van der Waals surface area contributed by atoms with Crippen molar-refractivity contribution < 1.29 is 9.47 Å². The fourth-order valence-electron chi connectivity index (χ4n) is 5.43. The summed E-state index contributed by atoms with van der Waals surface area (Å²) in [6, 6.07) is 32.0. The number of thiazole rings is 1. The second-order valence-corrected chi connectivity index (χ2v) is 10.5. The van der Waals surface area contributed by atoms with Crippen molar-refractivity contribution in [2.45, 2.75) is 38.5 Å². The first-order valence-electron chi connectivity index (χ1n) is 13.4. The number of aromatic nitrogens is 1. The maximum atomic E-state index is 5.73. The summed E-state index contributed by atoms with van der Waals surface area (Å²) in [7, 11) is 0. The number of benzene rings is 4. The molecular formula is C33H32N2O2S. The first-order valence-corrected chi connectivity index (χ1v) is 14.3. The Hall–Kier alpha value is -3.83. The summed E-state index contributed by atoms with van der Waals surface area (Å²) >= 11 is 1.70. The minimum atomic E-state index is -0.0360. The summed E-state index contributed by atoms with van der Waals surface area (Å²) in [5.41, 5.74) is 4.66. The zero-order valence-corrected chi connectivity index (χ0v) is 22.7. The normalized spacial score (nSPS) is 14.8. The van der Waals surface area contributed by atoms with Gasteiger partial charge in [0, 0.05) is 22.2 Å². The predicted octanol–water partition coefficient (Wildman–Crippen LogP) is 8.19. The van der Waals surface area contributed by atoms with E-state index in [4.69, 9.17) is 14.5 Å². The number of hydrogen-bond acceptors (Lipinski definition) is 4. The SMILES string of the molecule is CCOc1ccc(N=c2scc(C3(c4ccc5ccccc5c4)CCC3)n2-c2ccc(OCC)cc2)cc1. The molecule has 192 valence electrons. The van der Waals surface area contributed by atoms with Crippen LogP contribution in [0.4, 0.5) is 5.69 Å². The Morgan fingerprint density at radius 3 is 2.08 bits per heavy atom. The highest BCUT2D eigenvalue weighted by Crippen LogP contribution is 2.50. The van der Waals surface area contributed by atoms with Crippen LogP contribution in [-0.4, -0.2) is 17.8 Å². The topological polar surface area (TPSA) is 35.8 Å². The van der Waals surface area contributed by atoms with E-state index in [0.29, 0.717) is 13.2 Å². The molecule has 0 spiro atoms. The quantitative estimate of drug-likeness (QED) is 0.207. The molecule has 0 N–H and O–H groups in total. The van der Waals surface area contributed by atoms with Crippen molar-refractivity contribution in [3.8, 4) is 17.2 Å². The van der Waals surface area contributed by atoms with E-state index < -0.39 is 0 Å². The third-order valence-corrected chi connectivity index (χ3v) is 8.31. The van der Waals surface area contributed by atoms with Crippen molar-refractivity contribution in [3.05, 3.63) is 112 Å². The average molecular weight is 521 g/mol. The Labute approximate surface area is 227 Å². The lowest BCUT2D eigenvalue weighted by molar-refractivity contribution is 0.290. The largest absolute Gasteiger partial charge is 0.494 e. The third kappa shape index (κ3) is 4.52. The number of hydrogen-bond donors (Lipinski definition) is 0. The monoisotopic (exact) mass is 520 g/mol. The van der Waals surface area contributed by atoms with Crippen molar-refractivity contribution in [2.24, 2.45) is 4.99 Å². The van der Waals surface area contributed by atoms with Gasteiger partial charge in [-0.05, 0) is 91.6 Å². The van der Waals surface area contributed by atoms with Gasteiger partial charge in [-0.2, -0.15) is 0 Å². The van der Waals surface area contributed by atoms with E-state index in [-0.39, 0.29) is 5.41 Å². The minimum Gasteiger partial charge on any atom is -0.494 e.